The van der Waals surface area contributed by atoms with Crippen LogP contribution in [-0.2, 0) is 16.1 Å². The summed E-state index contributed by atoms with van der Waals surface area (Å²) in [7, 11) is 3.17. The van der Waals surface area contributed by atoms with Crippen molar-refractivity contribution in [2.45, 2.75) is 13.0 Å². The van der Waals surface area contributed by atoms with Gasteiger partial charge in [0.25, 0.3) is 11.1 Å². The highest BCUT2D eigenvalue weighted by Crippen LogP contribution is 2.35. The minimum absolute atomic E-state index is 0.260. The standard InChI is InChI=1S/C26H25NO5S/c1-30-14-6-13-27-25(28)24(33-26(27)29)16-18-11-12-22(23(15-18)31-2)32-17-20-9-5-8-19-7-3-4-10-21(19)20/h3-5,7-12,15-16H,6,13-14,17H2,1-2H3/b24-16+. The summed E-state index contributed by atoms with van der Waals surface area (Å²) in [5.41, 5.74) is 1.84. The van der Waals surface area contributed by atoms with Gasteiger partial charge in [-0.2, -0.15) is 0 Å². The Morgan fingerprint density at radius 1 is 0.970 bits per heavy atom. The predicted octanol–water partition coefficient (Wildman–Crippen LogP) is 5.50. The summed E-state index contributed by atoms with van der Waals surface area (Å²) < 4.78 is 16.6. The van der Waals surface area contributed by atoms with Crippen LogP contribution in [0.2, 0.25) is 0 Å². The van der Waals surface area contributed by atoms with Gasteiger partial charge in [0.05, 0.1) is 12.0 Å². The summed E-state index contributed by atoms with van der Waals surface area (Å²) in [5.74, 6) is 0.884. The molecule has 3 aromatic rings. The van der Waals surface area contributed by atoms with Gasteiger partial charge in [-0.1, -0.05) is 48.5 Å². The number of thioether (sulfide) groups is 1. The van der Waals surface area contributed by atoms with Crippen LogP contribution in [0.15, 0.2) is 65.6 Å². The van der Waals surface area contributed by atoms with E-state index in [1.54, 1.807) is 26.4 Å². The second-order valence-electron chi connectivity index (χ2n) is 7.52. The van der Waals surface area contributed by atoms with Gasteiger partial charge < -0.3 is 14.2 Å². The third-order valence-corrected chi connectivity index (χ3v) is 6.26. The molecule has 33 heavy (non-hydrogen) atoms. The first-order valence-electron chi connectivity index (χ1n) is 10.6. The molecule has 1 saturated heterocycles. The van der Waals surface area contributed by atoms with Gasteiger partial charge in [0, 0.05) is 20.3 Å². The van der Waals surface area contributed by atoms with Gasteiger partial charge in [-0.15, -0.1) is 0 Å². The monoisotopic (exact) mass is 463 g/mol. The first kappa shape index (κ1) is 22.9. The number of carbonyl (C=O) groups excluding carboxylic acids is 2. The quantitative estimate of drug-likeness (QED) is 0.308. The number of hydrogen-bond acceptors (Lipinski definition) is 6. The molecule has 2 amide bonds. The Morgan fingerprint density at radius 3 is 2.61 bits per heavy atom. The van der Waals surface area contributed by atoms with Crippen LogP contribution >= 0.6 is 11.8 Å². The fraction of sp³-hybridized carbons (Fsp3) is 0.231. The third-order valence-electron chi connectivity index (χ3n) is 5.35. The minimum atomic E-state index is -0.281. The van der Waals surface area contributed by atoms with E-state index < -0.39 is 0 Å². The number of nitrogens with zero attached hydrogens (tertiary/aromatic N) is 1. The van der Waals surface area contributed by atoms with Gasteiger partial charge in [0.1, 0.15) is 6.61 Å². The number of methoxy groups -OCH3 is 2. The Labute approximate surface area is 197 Å². The van der Waals surface area contributed by atoms with E-state index in [1.165, 1.54) is 4.90 Å². The van der Waals surface area contributed by atoms with Crippen LogP contribution in [0.25, 0.3) is 16.8 Å². The van der Waals surface area contributed by atoms with Gasteiger partial charge in [0.2, 0.25) is 0 Å². The molecule has 0 N–H and O–H groups in total. The normalized spacial score (nSPS) is 15.0. The van der Waals surface area contributed by atoms with Crippen molar-refractivity contribution >= 4 is 39.8 Å². The number of benzene rings is 3. The van der Waals surface area contributed by atoms with Gasteiger partial charge in [-0.3, -0.25) is 14.5 Å². The van der Waals surface area contributed by atoms with Gasteiger partial charge in [0.15, 0.2) is 11.5 Å². The molecule has 3 aromatic carbocycles. The number of amides is 2. The molecule has 0 aromatic heterocycles. The fourth-order valence-electron chi connectivity index (χ4n) is 3.68. The van der Waals surface area contributed by atoms with Crippen molar-refractivity contribution in [2.24, 2.45) is 0 Å². The highest BCUT2D eigenvalue weighted by molar-refractivity contribution is 8.18. The van der Waals surface area contributed by atoms with E-state index >= 15 is 0 Å². The lowest BCUT2D eigenvalue weighted by molar-refractivity contribution is -0.122. The van der Waals surface area contributed by atoms with E-state index in [0.29, 0.717) is 42.6 Å². The Balaban J connectivity index is 1.49. The molecular formula is C26H25NO5S. The lowest BCUT2D eigenvalue weighted by atomic mass is 10.1. The molecule has 6 nitrogen and oxygen atoms in total. The van der Waals surface area contributed by atoms with Gasteiger partial charge in [-0.05, 0) is 58.3 Å². The van der Waals surface area contributed by atoms with Crippen molar-refractivity contribution in [3.05, 3.63) is 76.7 Å². The molecule has 1 aliphatic heterocycles. The molecular weight excluding hydrogens is 438 g/mol. The molecule has 0 saturated carbocycles. The first-order valence-corrected chi connectivity index (χ1v) is 11.4. The van der Waals surface area contributed by atoms with E-state index in [0.717, 1.165) is 33.7 Å². The molecule has 0 unspecified atom stereocenters. The summed E-state index contributed by atoms with van der Waals surface area (Å²) in [6.45, 7) is 1.25. The average molecular weight is 464 g/mol. The molecule has 0 radical (unpaired) electrons. The van der Waals surface area contributed by atoms with Gasteiger partial charge in [-0.25, -0.2) is 0 Å². The number of rotatable bonds is 9. The Bertz CT molecular complexity index is 1200. The zero-order valence-electron chi connectivity index (χ0n) is 18.6. The van der Waals surface area contributed by atoms with E-state index in [1.807, 2.05) is 36.4 Å². The molecule has 0 aliphatic carbocycles. The summed E-state index contributed by atoms with van der Waals surface area (Å²) in [6.07, 6.45) is 2.32. The Morgan fingerprint density at radius 2 is 1.79 bits per heavy atom. The number of fused-ring (bicyclic) bond motifs is 1. The van der Waals surface area contributed by atoms with E-state index in [2.05, 4.69) is 18.2 Å². The highest BCUT2D eigenvalue weighted by atomic mass is 32.2. The molecule has 4 rings (SSSR count). The molecule has 1 fully saturated rings. The van der Waals surface area contributed by atoms with Crippen LogP contribution in [-0.4, -0.2) is 43.4 Å². The predicted molar refractivity (Wildman–Crippen MR) is 130 cm³/mol. The zero-order chi connectivity index (χ0) is 23.2. The van der Waals surface area contributed by atoms with Gasteiger partial charge >= 0.3 is 0 Å². The molecule has 1 heterocycles. The summed E-state index contributed by atoms with van der Waals surface area (Å²) in [5, 5.41) is 2.05. The smallest absolute Gasteiger partial charge is 0.293 e. The van der Waals surface area contributed by atoms with E-state index in [4.69, 9.17) is 14.2 Å². The van der Waals surface area contributed by atoms with E-state index in [9.17, 15) is 9.59 Å². The van der Waals surface area contributed by atoms with Crippen LogP contribution in [0.4, 0.5) is 4.79 Å². The topological polar surface area (TPSA) is 65.1 Å². The minimum Gasteiger partial charge on any atom is -0.493 e. The summed E-state index contributed by atoms with van der Waals surface area (Å²) in [6, 6.07) is 19.8. The second-order valence-corrected chi connectivity index (χ2v) is 8.51. The zero-order valence-corrected chi connectivity index (χ0v) is 19.4. The lowest BCUT2D eigenvalue weighted by Gasteiger charge is -2.13. The van der Waals surface area contributed by atoms with Crippen molar-refractivity contribution in [3.8, 4) is 11.5 Å². The Kier molecular flexibility index (Phi) is 7.32. The van der Waals surface area contributed by atoms with Crippen molar-refractivity contribution in [1.29, 1.82) is 0 Å². The molecule has 0 spiro atoms. The lowest BCUT2D eigenvalue weighted by Crippen LogP contribution is -2.29. The van der Waals surface area contributed by atoms with Crippen LogP contribution < -0.4 is 9.47 Å². The maximum atomic E-state index is 12.6. The van der Waals surface area contributed by atoms with E-state index in [-0.39, 0.29) is 11.1 Å². The SMILES string of the molecule is COCCCN1C(=O)S/C(=C/c2ccc(OCc3cccc4ccccc34)c(OC)c2)C1=O. The summed E-state index contributed by atoms with van der Waals surface area (Å²) >= 11 is 0.947. The Hall–Kier alpha value is -3.29. The number of hydrogen-bond donors (Lipinski definition) is 0. The molecule has 0 bridgehead atoms. The largest absolute Gasteiger partial charge is 0.493 e. The van der Waals surface area contributed by atoms with Crippen molar-refractivity contribution in [3.63, 3.8) is 0 Å². The average Bonchev–Trinajstić information content (AvgIpc) is 3.10. The van der Waals surface area contributed by atoms with Crippen molar-refractivity contribution in [2.75, 3.05) is 27.4 Å². The first-order chi connectivity index (χ1) is 16.1. The molecule has 170 valence electrons. The maximum Gasteiger partial charge on any atom is 0.293 e. The molecule has 0 atom stereocenters. The fourth-order valence-corrected chi connectivity index (χ4v) is 4.54. The molecule has 1 aliphatic rings. The summed E-state index contributed by atoms with van der Waals surface area (Å²) in [4.78, 5) is 26.5. The highest BCUT2D eigenvalue weighted by Gasteiger charge is 2.34. The van der Waals surface area contributed by atoms with Crippen LogP contribution in [0.3, 0.4) is 0 Å². The molecule has 7 heteroatoms. The number of ether oxygens (including phenoxy) is 3. The second kappa shape index (κ2) is 10.6. The van der Waals surface area contributed by atoms with Crippen molar-refractivity contribution < 1.29 is 23.8 Å². The van der Waals surface area contributed by atoms with Crippen LogP contribution in [0, 0.1) is 0 Å². The maximum absolute atomic E-state index is 12.6. The number of imide groups is 1. The third kappa shape index (κ3) is 5.21. The van der Waals surface area contributed by atoms with Crippen LogP contribution in [0.1, 0.15) is 17.5 Å². The van der Waals surface area contributed by atoms with Crippen LogP contribution in [0.5, 0.6) is 11.5 Å². The van der Waals surface area contributed by atoms with Crippen molar-refractivity contribution in [1.82, 2.24) is 4.90 Å². The number of carbonyl (C=O) groups is 2.